The van der Waals surface area contributed by atoms with Gasteiger partial charge in [-0.25, -0.2) is 0 Å². The zero-order valence-corrected chi connectivity index (χ0v) is 36.6. The van der Waals surface area contributed by atoms with E-state index < -0.39 is 0 Å². The van der Waals surface area contributed by atoms with Gasteiger partial charge in [0.25, 0.3) is 0 Å². The second kappa shape index (κ2) is 16.0. The maximum absolute atomic E-state index is 6.42. The summed E-state index contributed by atoms with van der Waals surface area (Å²) in [5.74, 6) is 0. The van der Waals surface area contributed by atoms with Gasteiger partial charge in [-0.2, -0.15) is 0 Å². The number of aromatic nitrogens is 1. The molecule has 0 aliphatic heterocycles. The topological polar surface area (TPSA) is 21.3 Å². The van der Waals surface area contributed by atoms with Crippen LogP contribution in [0.4, 0.5) is 17.1 Å². The lowest BCUT2D eigenvalue weighted by Crippen LogP contribution is -2.10. The number of fused-ring (bicyclic) bond motifs is 7. The van der Waals surface area contributed by atoms with Crippen molar-refractivity contribution >= 4 is 71.6 Å². The Balaban J connectivity index is 0.855. The van der Waals surface area contributed by atoms with Gasteiger partial charge in [0.1, 0.15) is 11.2 Å². The van der Waals surface area contributed by atoms with E-state index in [1.807, 2.05) is 12.1 Å². The Hall–Kier alpha value is -8.92. The zero-order valence-electron chi connectivity index (χ0n) is 36.6. The molecule has 0 saturated heterocycles. The van der Waals surface area contributed by atoms with Crippen molar-refractivity contribution in [2.24, 2.45) is 0 Å². The molecular weight excluding hydrogens is 813 g/mol. The molecule has 0 N–H and O–H groups in total. The molecule has 13 rings (SSSR count). The van der Waals surface area contributed by atoms with Crippen LogP contribution in [0, 0.1) is 0 Å². The molecule has 0 unspecified atom stereocenters. The van der Waals surface area contributed by atoms with E-state index in [0.29, 0.717) is 0 Å². The van der Waals surface area contributed by atoms with Crippen LogP contribution in [0.1, 0.15) is 0 Å². The second-order valence-electron chi connectivity index (χ2n) is 17.3. The Bertz CT molecular complexity index is 3920. The van der Waals surface area contributed by atoms with Crippen molar-refractivity contribution in [3.63, 3.8) is 0 Å². The second-order valence-corrected chi connectivity index (χ2v) is 17.3. The molecule has 3 nitrogen and oxygen atoms in total. The molecule has 0 spiro atoms. The van der Waals surface area contributed by atoms with Crippen molar-refractivity contribution in [3.8, 4) is 50.2 Å². The van der Waals surface area contributed by atoms with E-state index in [4.69, 9.17) is 4.42 Å². The summed E-state index contributed by atoms with van der Waals surface area (Å²) in [5, 5.41) is 7.20. The first-order valence-corrected chi connectivity index (χ1v) is 22.9. The van der Waals surface area contributed by atoms with E-state index in [1.165, 1.54) is 66.1 Å². The molecule has 11 aromatic carbocycles. The standard InChI is InChI=1S/C64H42N2O/c1-2-14-48-42-51(32-29-43(48)13-1)50-16-11-15-49(41-50)46-35-39-53(40-36-46)65(61-24-12-26-63-64(61)57-20-6-10-25-62(57)67-63)52-37-33-45(34-38-52)44-27-30-47(31-28-44)54-17-3-7-21-58(54)66-59-22-8-4-18-55(59)56-19-5-9-23-60(56)66/h1-42H. The van der Waals surface area contributed by atoms with Crippen molar-refractivity contribution in [2.75, 3.05) is 4.90 Å². The Morgan fingerprint density at radius 3 is 1.52 bits per heavy atom. The lowest BCUT2D eigenvalue weighted by molar-refractivity contribution is 0.669. The number of furan rings is 1. The van der Waals surface area contributed by atoms with Crippen molar-refractivity contribution in [1.82, 2.24) is 4.57 Å². The summed E-state index contributed by atoms with van der Waals surface area (Å²) in [6.45, 7) is 0. The zero-order chi connectivity index (χ0) is 44.3. The lowest BCUT2D eigenvalue weighted by atomic mass is 9.97. The summed E-state index contributed by atoms with van der Waals surface area (Å²) in [5.41, 5.74) is 17.9. The SMILES string of the molecule is c1cc(-c2ccc(N(c3ccc(-c4ccc(-c5ccccc5-n5c6ccccc6c6ccccc65)cc4)cc3)c3cccc4oc5ccccc5c34)cc2)cc(-c2ccc3ccccc3c2)c1. The molecule has 0 fully saturated rings. The van der Waals surface area contributed by atoms with Crippen LogP contribution in [0.5, 0.6) is 0 Å². The summed E-state index contributed by atoms with van der Waals surface area (Å²) in [6.07, 6.45) is 0. The van der Waals surface area contributed by atoms with Crippen molar-refractivity contribution < 1.29 is 4.42 Å². The third-order valence-corrected chi connectivity index (χ3v) is 13.4. The molecule has 314 valence electrons. The van der Waals surface area contributed by atoms with Gasteiger partial charge < -0.3 is 13.9 Å². The number of anilines is 3. The Morgan fingerprint density at radius 2 is 0.806 bits per heavy atom. The number of rotatable bonds is 8. The average molecular weight is 855 g/mol. The molecule has 3 heteroatoms. The Kier molecular flexibility index (Phi) is 9.17. The molecule has 0 amide bonds. The largest absolute Gasteiger partial charge is 0.456 e. The number of para-hydroxylation sites is 4. The number of benzene rings is 11. The normalized spacial score (nSPS) is 11.6. The summed E-state index contributed by atoms with van der Waals surface area (Å²) in [6, 6.07) is 91.8. The van der Waals surface area contributed by atoms with Gasteiger partial charge in [-0.15, -0.1) is 0 Å². The highest BCUT2D eigenvalue weighted by Gasteiger charge is 2.20. The first-order valence-electron chi connectivity index (χ1n) is 22.9. The minimum atomic E-state index is 0.863. The average Bonchev–Trinajstić information content (AvgIpc) is 3.96. The fourth-order valence-corrected chi connectivity index (χ4v) is 10.2. The maximum Gasteiger partial charge on any atom is 0.137 e. The van der Waals surface area contributed by atoms with Gasteiger partial charge in [-0.1, -0.05) is 182 Å². The van der Waals surface area contributed by atoms with Gasteiger partial charge in [0.2, 0.25) is 0 Å². The monoisotopic (exact) mass is 854 g/mol. The highest BCUT2D eigenvalue weighted by atomic mass is 16.3. The predicted molar refractivity (Wildman–Crippen MR) is 282 cm³/mol. The minimum Gasteiger partial charge on any atom is -0.456 e. The van der Waals surface area contributed by atoms with Crippen molar-refractivity contribution in [3.05, 3.63) is 255 Å². The van der Waals surface area contributed by atoms with Gasteiger partial charge >= 0.3 is 0 Å². The van der Waals surface area contributed by atoms with Gasteiger partial charge in [-0.05, 0) is 123 Å². The van der Waals surface area contributed by atoms with Crippen LogP contribution in [0.15, 0.2) is 259 Å². The molecule has 2 aromatic heterocycles. The summed E-state index contributed by atoms with van der Waals surface area (Å²) >= 11 is 0. The van der Waals surface area contributed by atoms with Gasteiger partial charge in [0.05, 0.1) is 27.8 Å². The van der Waals surface area contributed by atoms with Crippen LogP contribution >= 0.6 is 0 Å². The van der Waals surface area contributed by atoms with Gasteiger partial charge in [0, 0.05) is 33.1 Å². The van der Waals surface area contributed by atoms with E-state index in [2.05, 4.69) is 252 Å². The van der Waals surface area contributed by atoms with Crippen LogP contribution < -0.4 is 4.90 Å². The van der Waals surface area contributed by atoms with E-state index in [1.54, 1.807) is 0 Å². The molecule has 2 heterocycles. The van der Waals surface area contributed by atoms with E-state index in [0.717, 1.165) is 55.7 Å². The molecule has 0 atom stereocenters. The first kappa shape index (κ1) is 38.5. The van der Waals surface area contributed by atoms with Crippen molar-refractivity contribution in [2.45, 2.75) is 0 Å². The minimum absolute atomic E-state index is 0.863. The highest BCUT2D eigenvalue weighted by Crippen LogP contribution is 2.44. The molecule has 13 aromatic rings. The molecular formula is C64H42N2O. The molecule has 67 heavy (non-hydrogen) atoms. The highest BCUT2D eigenvalue weighted by molar-refractivity contribution is 6.13. The van der Waals surface area contributed by atoms with Gasteiger partial charge in [0.15, 0.2) is 0 Å². The van der Waals surface area contributed by atoms with Gasteiger partial charge in [-0.3, -0.25) is 0 Å². The molecule has 0 bridgehead atoms. The lowest BCUT2D eigenvalue weighted by Gasteiger charge is -2.26. The molecule has 0 saturated carbocycles. The summed E-state index contributed by atoms with van der Waals surface area (Å²) in [7, 11) is 0. The summed E-state index contributed by atoms with van der Waals surface area (Å²) in [4.78, 5) is 2.36. The van der Waals surface area contributed by atoms with Crippen LogP contribution in [-0.2, 0) is 0 Å². The number of hydrogen-bond donors (Lipinski definition) is 0. The predicted octanol–water partition coefficient (Wildman–Crippen LogP) is 18.0. The van der Waals surface area contributed by atoms with Crippen LogP contribution in [0.25, 0.3) is 105 Å². The smallest absolute Gasteiger partial charge is 0.137 e. The van der Waals surface area contributed by atoms with E-state index in [9.17, 15) is 0 Å². The molecule has 0 radical (unpaired) electrons. The quantitative estimate of drug-likeness (QED) is 0.152. The van der Waals surface area contributed by atoms with E-state index >= 15 is 0 Å². The third-order valence-electron chi connectivity index (χ3n) is 13.4. The molecule has 0 aliphatic carbocycles. The Labute approximate surface area is 388 Å². The Morgan fingerprint density at radius 1 is 0.313 bits per heavy atom. The summed E-state index contributed by atoms with van der Waals surface area (Å²) < 4.78 is 8.83. The fraction of sp³-hybridized carbons (Fsp3) is 0. The number of nitrogens with zero attached hydrogens (tertiary/aromatic N) is 2. The maximum atomic E-state index is 6.42. The van der Waals surface area contributed by atoms with Crippen LogP contribution in [-0.4, -0.2) is 4.57 Å². The first-order chi connectivity index (χ1) is 33.2. The molecule has 0 aliphatic rings. The van der Waals surface area contributed by atoms with Crippen molar-refractivity contribution in [1.29, 1.82) is 0 Å². The van der Waals surface area contributed by atoms with Crippen LogP contribution in [0.2, 0.25) is 0 Å². The van der Waals surface area contributed by atoms with E-state index in [-0.39, 0.29) is 0 Å². The van der Waals surface area contributed by atoms with Crippen LogP contribution in [0.3, 0.4) is 0 Å². The third kappa shape index (κ3) is 6.67. The number of hydrogen-bond acceptors (Lipinski definition) is 2. The fourth-order valence-electron chi connectivity index (χ4n) is 10.2.